The van der Waals surface area contributed by atoms with Gasteiger partial charge in [-0.25, -0.2) is 0 Å². The van der Waals surface area contributed by atoms with E-state index in [0.29, 0.717) is 24.5 Å². The molecule has 4 heterocycles. The molecule has 3 aliphatic heterocycles. The van der Waals surface area contributed by atoms with Crippen molar-refractivity contribution in [1.29, 1.82) is 0 Å². The summed E-state index contributed by atoms with van der Waals surface area (Å²) in [6, 6.07) is 4.14. The third-order valence-corrected chi connectivity index (χ3v) is 7.13. The van der Waals surface area contributed by atoms with E-state index in [9.17, 15) is 5.11 Å². The molecule has 1 aromatic rings. The van der Waals surface area contributed by atoms with Gasteiger partial charge in [0.05, 0.1) is 12.7 Å². The van der Waals surface area contributed by atoms with Crippen LogP contribution < -0.4 is 0 Å². The number of fused-ring (bicyclic) bond motifs is 3. The van der Waals surface area contributed by atoms with Crippen LogP contribution in [0.5, 0.6) is 0 Å². The zero-order valence-electron chi connectivity index (χ0n) is 13.2. The lowest BCUT2D eigenvalue weighted by Crippen LogP contribution is -2.52. The van der Waals surface area contributed by atoms with E-state index in [0.717, 1.165) is 24.3 Å². The Morgan fingerprint density at radius 2 is 2.00 bits per heavy atom. The summed E-state index contributed by atoms with van der Waals surface area (Å²) in [5.74, 6) is 1.08. The molecule has 4 heteroatoms. The van der Waals surface area contributed by atoms with Gasteiger partial charge in [0, 0.05) is 11.4 Å². The lowest BCUT2D eigenvalue weighted by molar-refractivity contribution is -0.142. The summed E-state index contributed by atoms with van der Waals surface area (Å²) in [6.45, 7) is 4.02. The summed E-state index contributed by atoms with van der Waals surface area (Å²) >= 11 is 1.68. The van der Waals surface area contributed by atoms with Crippen LogP contribution in [0.1, 0.15) is 43.4 Å². The Labute approximate surface area is 137 Å². The number of piperidine rings is 3. The Bertz CT molecular complexity index is 477. The van der Waals surface area contributed by atoms with Crippen LogP contribution in [0.4, 0.5) is 0 Å². The Morgan fingerprint density at radius 3 is 2.59 bits per heavy atom. The number of thiophene rings is 1. The fourth-order valence-electron chi connectivity index (χ4n) is 4.65. The van der Waals surface area contributed by atoms with Gasteiger partial charge in [-0.2, -0.15) is 0 Å². The quantitative estimate of drug-likeness (QED) is 0.904. The number of nitrogens with zero attached hydrogens (tertiary/aromatic N) is 1. The molecule has 0 spiro atoms. The van der Waals surface area contributed by atoms with Crippen molar-refractivity contribution in [3.05, 3.63) is 22.4 Å². The topological polar surface area (TPSA) is 32.7 Å². The summed E-state index contributed by atoms with van der Waals surface area (Å²) in [5, 5.41) is 13.5. The van der Waals surface area contributed by atoms with E-state index in [4.69, 9.17) is 4.74 Å². The average molecular weight is 321 g/mol. The van der Waals surface area contributed by atoms with E-state index in [-0.39, 0.29) is 0 Å². The first-order valence-electron chi connectivity index (χ1n) is 8.86. The zero-order valence-corrected chi connectivity index (χ0v) is 14.1. The van der Waals surface area contributed by atoms with Crippen LogP contribution in [0.3, 0.4) is 0 Å². The molecule has 122 valence electrons. The van der Waals surface area contributed by atoms with Crippen molar-refractivity contribution in [1.82, 2.24) is 4.90 Å². The summed E-state index contributed by atoms with van der Waals surface area (Å²) in [6.07, 6.45) is 7.64. The predicted molar refractivity (Wildman–Crippen MR) is 89.1 cm³/mol. The van der Waals surface area contributed by atoms with Crippen LogP contribution in [0, 0.1) is 11.8 Å². The molecule has 1 N–H and O–H groups in total. The Hall–Kier alpha value is -0.420. The number of ether oxygens (including phenoxy) is 1. The number of hydrogen-bond acceptors (Lipinski definition) is 4. The Balaban J connectivity index is 1.47. The number of rotatable bonds is 5. The van der Waals surface area contributed by atoms with Crippen molar-refractivity contribution < 1.29 is 9.84 Å². The zero-order chi connectivity index (χ0) is 15.0. The molecule has 2 bridgehead atoms. The normalized spacial score (nSPS) is 34.9. The second-order valence-electron chi connectivity index (χ2n) is 7.37. The van der Waals surface area contributed by atoms with Crippen molar-refractivity contribution >= 4 is 11.3 Å². The minimum atomic E-state index is -0.767. The maximum absolute atomic E-state index is 11.4. The fourth-order valence-corrected chi connectivity index (χ4v) is 5.54. The molecule has 4 aliphatic rings. The lowest BCUT2D eigenvalue weighted by atomic mass is 9.84. The summed E-state index contributed by atoms with van der Waals surface area (Å²) in [7, 11) is 0. The molecule has 3 nitrogen and oxygen atoms in total. The van der Waals surface area contributed by atoms with Gasteiger partial charge in [-0.1, -0.05) is 18.9 Å². The molecular formula is C18H27NO2S. The molecule has 0 amide bonds. The molecule has 4 fully saturated rings. The van der Waals surface area contributed by atoms with Crippen molar-refractivity contribution in [2.45, 2.75) is 50.2 Å². The van der Waals surface area contributed by atoms with E-state index in [1.54, 1.807) is 11.3 Å². The van der Waals surface area contributed by atoms with Crippen LogP contribution in [-0.4, -0.2) is 42.4 Å². The number of hydrogen-bond donors (Lipinski definition) is 1. The van der Waals surface area contributed by atoms with Crippen LogP contribution >= 0.6 is 11.3 Å². The molecule has 22 heavy (non-hydrogen) atoms. The highest BCUT2D eigenvalue weighted by molar-refractivity contribution is 7.10. The highest BCUT2D eigenvalue weighted by atomic mass is 32.1. The summed E-state index contributed by atoms with van der Waals surface area (Å²) in [5.41, 5.74) is -0.767. The largest absolute Gasteiger partial charge is 0.382 e. The van der Waals surface area contributed by atoms with Crippen molar-refractivity contribution in [2.75, 3.05) is 26.2 Å². The molecule has 2 atom stereocenters. The molecule has 0 radical (unpaired) electrons. The first-order valence-corrected chi connectivity index (χ1v) is 9.74. The number of aliphatic hydroxyl groups is 1. The van der Waals surface area contributed by atoms with E-state index < -0.39 is 5.60 Å². The minimum absolute atomic E-state index is 0.329. The van der Waals surface area contributed by atoms with Gasteiger partial charge in [-0.15, -0.1) is 11.3 Å². The van der Waals surface area contributed by atoms with Crippen LogP contribution in [0.2, 0.25) is 0 Å². The molecule has 3 saturated heterocycles. The van der Waals surface area contributed by atoms with Gasteiger partial charge >= 0.3 is 0 Å². The fraction of sp³-hybridized carbons (Fsp3) is 0.778. The van der Waals surface area contributed by atoms with E-state index in [1.165, 1.54) is 38.8 Å². The second kappa shape index (κ2) is 6.23. The first kappa shape index (κ1) is 15.1. The second-order valence-corrected chi connectivity index (χ2v) is 8.32. The molecule has 1 saturated carbocycles. The van der Waals surface area contributed by atoms with Crippen molar-refractivity contribution in [3.8, 4) is 0 Å². The van der Waals surface area contributed by atoms with Crippen LogP contribution in [0.25, 0.3) is 0 Å². The first-order chi connectivity index (χ1) is 10.8. The van der Waals surface area contributed by atoms with Gasteiger partial charge < -0.3 is 14.7 Å². The van der Waals surface area contributed by atoms with Crippen LogP contribution in [0.15, 0.2) is 17.5 Å². The third-order valence-electron chi connectivity index (χ3n) is 6.09. The van der Waals surface area contributed by atoms with Gasteiger partial charge in [0.2, 0.25) is 0 Å². The summed E-state index contributed by atoms with van der Waals surface area (Å²) < 4.78 is 6.33. The maximum Gasteiger partial charge on any atom is 0.125 e. The standard InChI is InChI=1S/C18H27NO2S/c20-18(15-4-1-2-5-15,17-6-3-11-22-17)13-21-16-12-19-9-7-14(16)8-10-19/h3,6,11,14-16,20H,1-2,4-5,7-10,12-13H2. The van der Waals surface area contributed by atoms with E-state index in [2.05, 4.69) is 16.3 Å². The molecule has 0 aromatic carbocycles. The lowest BCUT2D eigenvalue weighted by Gasteiger charge is -2.45. The van der Waals surface area contributed by atoms with E-state index in [1.807, 2.05) is 6.07 Å². The highest BCUT2D eigenvalue weighted by Crippen LogP contribution is 2.43. The molecule has 5 rings (SSSR count). The van der Waals surface area contributed by atoms with Gasteiger partial charge in [0.25, 0.3) is 0 Å². The van der Waals surface area contributed by atoms with Crippen molar-refractivity contribution in [2.24, 2.45) is 11.8 Å². The highest BCUT2D eigenvalue weighted by Gasteiger charge is 2.43. The third kappa shape index (κ3) is 2.75. The maximum atomic E-state index is 11.4. The van der Waals surface area contributed by atoms with Gasteiger partial charge in [-0.3, -0.25) is 0 Å². The smallest absolute Gasteiger partial charge is 0.125 e. The van der Waals surface area contributed by atoms with Crippen LogP contribution in [-0.2, 0) is 10.3 Å². The molecular weight excluding hydrogens is 294 g/mol. The molecule has 2 unspecified atom stereocenters. The van der Waals surface area contributed by atoms with Gasteiger partial charge in [0.1, 0.15) is 5.60 Å². The SMILES string of the molecule is OC(COC1CN2CCC1CC2)(c1cccs1)C1CCCC1. The summed E-state index contributed by atoms with van der Waals surface area (Å²) in [4.78, 5) is 3.62. The average Bonchev–Trinajstić information content (AvgIpc) is 3.27. The Morgan fingerprint density at radius 1 is 1.23 bits per heavy atom. The monoisotopic (exact) mass is 321 g/mol. The van der Waals surface area contributed by atoms with Gasteiger partial charge in [-0.05, 0) is 62.1 Å². The molecule has 1 aromatic heterocycles. The van der Waals surface area contributed by atoms with Gasteiger partial charge in [0.15, 0.2) is 0 Å². The Kier molecular flexibility index (Phi) is 4.29. The predicted octanol–water partition coefficient (Wildman–Crippen LogP) is 3.24. The molecule has 1 aliphatic carbocycles. The minimum Gasteiger partial charge on any atom is -0.382 e. The van der Waals surface area contributed by atoms with E-state index >= 15 is 0 Å². The van der Waals surface area contributed by atoms with Crippen molar-refractivity contribution in [3.63, 3.8) is 0 Å².